The summed E-state index contributed by atoms with van der Waals surface area (Å²) in [7, 11) is 1.49. The number of carboxylic acid groups (broad SMARTS) is 2. The number of methoxy groups -OCH3 is 1. The van der Waals surface area contributed by atoms with Crippen molar-refractivity contribution in [2.75, 3.05) is 27.1 Å². The average Bonchev–Trinajstić information content (AvgIpc) is 3.52. The van der Waals surface area contributed by atoms with Gasteiger partial charge in [0, 0.05) is 23.5 Å². The van der Waals surface area contributed by atoms with E-state index >= 15 is 0 Å². The summed E-state index contributed by atoms with van der Waals surface area (Å²) in [5.41, 5.74) is 2.94. The van der Waals surface area contributed by atoms with Gasteiger partial charge in [-0.1, -0.05) is 25.1 Å². The lowest BCUT2D eigenvalue weighted by Gasteiger charge is -2.24. The third-order valence-corrected chi connectivity index (χ3v) is 6.87. The average molecular weight is 521 g/mol. The van der Waals surface area contributed by atoms with Crippen LogP contribution < -0.4 is 23.7 Å². The van der Waals surface area contributed by atoms with Gasteiger partial charge in [-0.2, -0.15) is 0 Å². The molecule has 3 atom stereocenters. The van der Waals surface area contributed by atoms with Gasteiger partial charge in [-0.05, 0) is 53.4 Å². The van der Waals surface area contributed by atoms with Crippen LogP contribution in [-0.2, 0) is 9.59 Å². The van der Waals surface area contributed by atoms with Crippen LogP contribution in [-0.4, -0.2) is 49.3 Å². The molecule has 0 saturated heterocycles. The molecule has 2 N–H and O–H groups in total. The zero-order valence-electron chi connectivity index (χ0n) is 21.0. The van der Waals surface area contributed by atoms with E-state index in [1.165, 1.54) is 7.11 Å². The normalized spacial score (nSPS) is 19.1. The van der Waals surface area contributed by atoms with E-state index < -0.39 is 36.3 Å². The van der Waals surface area contributed by atoms with E-state index in [4.69, 9.17) is 23.7 Å². The maximum absolute atomic E-state index is 13.0. The molecular weight excluding hydrogens is 492 g/mol. The van der Waals surface area contributed by atoms with E-state index in [9.17, 15) is 19.8 Å². The van der Waals surface area contributed by atoms with Crippen molar-refractivity contribution in [3.8, 4) is 28.7 Å². The molecule has 0 bridgehead atoms. The molecule has 0 aromatic heterocycles. The van der Waals surface area contributed by atoms with Crippen molar-refractivity contribution in [3.63, 3.8) is 0 Å². The standard InChI is InChI=1S/C29H28O9/c1-3-10-35-18-6-7-19-21(12-18)27(20-8-5-17(34-2)13-23(20)36-14-25(30)31)28(29(32)33)26(19)16-4-9-22-24(11-16)38-15-37-22/h4-9,11-13,26-28H,3,10,14-15H2,1-2H3,(H,30,31)(H,32,33)/t26-,27?,28?/m0/s1. The largest absolute Gasteiger partial charge is 0.497 e. The molecule has 3 aromatic rings. The highest BCUT2D eigenvalue weighted by molar-refractivity contribution is 5.79. The molecule has 0 radical (unpaired) electrons. The molecule has 0 spiro atoms. The number of rotatable bonds is 10. The topological polar surface area (TPSA) is 121 Å². The summed E-state index contributed by atoms with van der Waals surface area (Å²) in [6.07, 6.45) is 0.823. The summed E-state index contributed by atoms with van der Waals surface area (Å²) < 4.78 is 27.9. The van der Waals surface area contributed by atoms with Crippen LogP contribution in [0.15, 0.2) is 54.6 Å². The smallest absolute Gasteiger partial charge is 0.341 e. The first-order valence-corrected chi connectivity index (χ1v) is 12.3. The molecule has 2 unspecified atom stereocenters. The second-order valence-corrected chi connectivity index (χ2v) is 9.16. The van der Waals surface area contributed by atoms with Crippen molar-refractivity contribution in [3.05, 3.63) is 76.9 Å². The van der Waals surface area contributed by atoms with Gasteiger partial charge in [0.25, 0.3) is 0 Å². The van der Waals surface area contributed by atoms with Crippen molar-refractivity contribution in [1.29, 1.82) is 0 Å². The first kappa shape index (κ1) is 25.3. The number of benzene rings is 3. The van der Waals surface area contributed by atoms with Crippen molar-refractivity contribution < 1.29 is 43.5 Å². The van der Waals surface area contributed by atoms with Crippen molar-refractivity contribution in [2.24, 2.45) is 5.92 Å². The van der Waals surface area contributed by atoms with E-state index in [-0.39, 0.29) is 12.5 Å². The minimum absolute atomic E-state index is 0.110. The van der Waals surface area contributed by atoms with Crippen LogP contribution in [0.5, 0.6) is 28.7 Å². The van der Waals surface area contributed by atoms with Crippen molar-refractivity contribution in [2.45, 2.75) is 25.2 Å². The monoisotopic (exact) mass is 520 g/mol. The van der Waals surface area contributed by atoms with Gasteiger partial charge in [0.15, 0.2) is 18.1 Å². The Bertz CT molecular complexity index is 1370. The minimum atomic E-state index is -1.14. The number of carbonyl (C=O) groups is 2. The molecule has 3 aromatic carbocycles. The lowest BCUT2D eigenvalue weighted by atomic mass is 9.79. The maximum Gasteiger partial charge on any atom is 0.341 e. The van der Waals surface area contributed by atoms with Gasteiger partial charge in [-0.3, -0.25) is 4.79 Å². The van der Waals surface area contributed by atoms with Gasteiger partial charge in [0.1, 0.15) is 17.2 Å². The Labute approximate surface area is 219 Å². The Kier molecular flexibility index (Phi) is 7.00. The molecule has 9 heteroatoms. The molecule has 1 aliphatic heterocycles. The van der Waals surface area contributed by atoms with Crippen LogP contribution in [0.3, 0.4) is 0 Å². The number of hydrogen-bond acceptors (Lipinski definition) is 7. The highest BCUT2D eigenvalue weighted by Gasteiger charge is 2.48. The predicted molar refractivity (Wildman–Crippen MR) is 136 cm³/mol. The lowest BCUT2D eigenvalue weighted by Crippen LogP contribution is -2.24. The molecule has 1 heterocycles. The number of aliphatic carboxylic acids is 2. The third-order valence-electron chi connectivity index (χ3n) is 6.87. The van der Waals surface area contributed by atoms with Crippen LogP contribution in [0.4, 0.5) is 0 Å². The Morgan fingerprint density at radius 1 is 0.868 bits per heavy atom. The molecular formula is C29H28O9. The van der Waals surface area contributed by atoms with E-state index in [2.05, 4.69) is 0 Å². The Morgan fingerprint density at radius 3 is 2.37 bits per heavy atom. The fourth-order valence-corrected chi connectivity index (χ4v) is 5.30. The van der Waals surface area contributed by atoms with Gasteiger partial charge in [-0.25, -0.2) is 4.79 Å². The van der Waals surface area contributed by atoms with Crippen LogP contribution in [0.1, 0.15) is 47.4 Å². The highest BCUT2D eigenvalue weighted by Crippen LogP contribution is 2.56. The summed E-state index contributed by atoms with van der Waals surface area (Å²) >= 11 is 0. The summed E-state index contributed by atoms with van der Waals surface area (Å²) in [6.45, 7) is 2.06. The van der Waals surface area contributed by atoms with E-state index in [0.29, 0.717) is 35.2 Å². The Balaban J connectivity index is 1.69. The van der Waals surface area contributed by atoms with Crippen LogP contribution in [0, 0.1) is 5.92 Å². The van der Waals surface area contributed by atoms with E-state index in [0.717, 1.165) is 23.1 Å². The highest BCUT2D eigenvalue weighted by atomic mass is 16.7. The van der Waals surface area contributed by atoms with Gasteiger partial charge in [0.2, 0.25) is 6.79 Å². The number of carboxylic acids is 2. The summed E-state index contributed by atoms with van der Waals surface area (Å²) in [4.78, 5) is 24.3. The molecule has 9 nitrogen and oxygen atoms in total. The maximum atomic E-state index is 13.0. The van der Waals surface area contributed by atoms with Crippen LogP contribution in [0.25, 0.3) is 0 Å². The molecule has 0 amide bonds. The molecule has 38 heavy (non-hydrogen) atoms. The van der Waals surface area contributed by atoms with Crippen molar-refractivity contribution in [1.82, 2.24) is 0 Å². The minimum Gasteiger partial charge on any atom is -0.497 e. The second kappa shape index (κ2) is 10.5. The SMILES string of the molecule is CCCOc1ccc2c(c1)C(c1ccc(OC)cc1OCC(=O)O)C(C(=O)O)[C@H]2c1ccc2c(c1)OCO2. The second-order valence-electron chi connectivity index (χ2n) is 9.16. The van der Waals surface area contributed by atoms with Gasteiger partial charge in [0.05, 0.1) is 19.6 Å². The zero-order chi connectivity index (χ0) is 26.8. The fourth-order valence-electron chi connectivity index (χ4n) is 5.30. The first-order valence-electron chi connectivity index (χ1n) is 12.3. The molecule has 0 fully saturated rings. The molecule has 2 aliphatic rings. The molecule has 198 valence electrons. The third kappa shape index (κ3) is 4.67. The first-order chi connectivity index (χ1) is 18.4. The van der Waals surface area contributed by atoms with Crippen molar-refractivity contribution >= 4 is 11.9 Å². The Morgan fingerprint density at radius 2 is 1.63 bits per heavy atom. The molecule has 1 aliphatic carbocycles. The summed E-state index contributed by atoms with van der Waals surface area (Å²) in [6, 6.07) is 16.2. The number of fused-ring (bicyclic) bond motifs is 2. The van der Waals surface area contributed by atoms with Gasteiger partial charge < -0.3 is 33.9 Å². The Hall–Kier alpha value is -4.40. The lowest BCUT2D eigenvalue weighted by molar-refractivity contribution is -0.142. The van der Waals surface area contributed by atoms with Crippen LogP contribution >= 0.6 is 0 Å². The van der Waals surface area contributed by atoms with Crippen LogP contribution in [0.2, 0.25) is 0 Å². The van der Waals surface area contributed by atoms with E-state index in [1.807, 2.05) is 37.3 Å². The van der Waals surface area contributed by atoms with Gasteiger partial charge in [-0.15, -0.1) is 0 Å². The summed E-state index contributed by atoms with van der Waals surface area (Å²) in [5, 5.41) is 19.9. The number of hydrogen-bond donors (Lipinski definition) is 2. The fraction of sp³-hybridized carbons (Fsp3) is 0.310. The molecule has 5 rings (SSSR count). The quantitative estimate of drug-likeness (QED) is 0.393. The molecule has 0 saturated carbocycles. The van der Waals surface area contributed by atoms with Gasteiger partial charge >= 0.3 is 11.9 Å². The van der Waals surface area contributed by atoms with E-state index in [1.54, 1.807) is 24.3 Å². The summed E-state index contributed by atoms with van der Waals surface area (Å²) in [5.74, 6) is -1.72. The predicted octanol–water partition coefficient (Wildman–Crippen LogP) is 4.65. The number of ether oxygens (including phenoxy) is 5. The zero-order valence-corrected chi connectivity index (χ0v) is 21.0.